The van der Waals surface area contributed by atoms with E-state index in [9.17, 15) is 16.8 Å². The van der Waals surface area contributed by atoms with Crippen LogP contribution in [0.25, 0.3) is 0 Å². The van der Waals surface area contributed by atoms with Crippen LogP contribution >= 0.6 is 0 Å². The smallest absolute Gasteiger partial charge is 0.294 e. The number of hydrogen-bond donors (Lipinski definition) is 2. The van der Waals surface area contributed by atoms with Gasteiger partial charge in [0.1, 0.15) is 24.7 Å². The largest absolute Gasteiger partial charge is 0.490 e. The molecule has 8 nitrogen and oxygen atoms in total. The van der Waals surface area contributed by atoms with E-state index < -0.39 is 20.2 Å². The zero-order valence-corrected chi connectivity index (χ0v) is 13.8. The van der Waals surface area contributed by atoms with Crippen molar-refractivity contribution in [3.05, 3.63) is 48.5 Å². The molecule has 10 heteroatoms. The van der Waals surface area contributed by atoms with Gasteiger partial charge >= 0.3 is 0 Å². The highest BCUT2D eigenvalue weighted by atomic mass is 32.2. The Bertz CT molecular complexity index is 807. The lowest BCUT2D eigenvalue weighted by molar-refractivity contribution is 0.217. The van der Waals surface area contributed by atoms with Crippen molar-refractivity contribution in [1.29, 1.82) is 0 Å². The molecule has 0 aliphatic rings. The second kappa shape index (κ2) is 7.18. The molecule has 0 spiro atoms. The van der Waals surface area contributed by atoms with E-state index in [-0.39, 0.29) is 23.0 Å². The molecule has 0 aliphatic heterocycles. The Morgan fingerprint density at radius 1 is 0.625 bits per heavy atom. The van der Waals surface area contributed by atoms with Crippen molar-refractivity contribution in [2.75, 3.05) is 13.2 Å². The molecular formula is C14H14O8S2. The zero-order valence-electron chi connectivity index (χ0n) is 12.2. The highest BCUT2D eigenvalue weighted by Gasteiger charge is 2.09. The third-order valence-electron chi connectivity index (χ3n) is 2.86. The van der Waals surface area contributed by atoms with Crippen molar-refractivity contribution in [3.63, 3.8) is 0 Å². The molecule has 2 aromatic rings. The van der Waals surface area contributed by atoms with Gasteiger partial charge in [0, 0.05) is 0 Å². The van der Waals surface area contributed by atoms with E-state index in [4.69, 9.17) is 18.6 Å². The van der Waals surface area contributed by atoms with Gasteiger partial charge in [-0.05, 0) is 48.5 Å². The first-order valence-corrected chi connectivity index (χ1v) is 9.45. The summed E-state index contributed by atoms with van der Waals surface area (Å²) in [6.07, 6.45) is 0. The van der Waals surface area contributed by atoms with Gasteiger partial charge in [-0.15, -0.1) is 0 Å². The lowest BCUT2D eigenvalue weighted by Crippen LogP contribution is -2.09. The molecule has 2 N–H and O–H groups in total. The number of ether oxygens (including phenoxy) is 2. The molecule has 0 heterocycles. The molecule has 0 amide bonds. The highest BCUT2D eigenvalue weighted by molar-refractivity contribution is 7.86. The molecule has 2 aromatic carbocycles. The minimum Gasteiger partial charge on any atom is -0.490 e. The summed E-state index contributed by atoms with van der Waals surface area (Å²) in [5.41, 5.74) is 0. The van der Waals surface area contributed by atoms with Gasteiger partial charge in [0.2, 0.25) is 0 Å². The van der Waals surface area contributed by atoms with Gasteiger partial charge < -0.3 is 9.47 Å². The number of benzene rings is 2. The minimum absolute atomic E-state index is 0.158. The van der Waals surface area contributed by atoms with Gasteiger partial charge in [0.05, 0.1) is 9.79 Å². The van der Waals surface area contributed by atoms with E-state index in [1.807, 2.05) is 0 Å². The van der Waals surface area contributed by atoms with Gasteiger partial charge in [-0.1, -0.05) is 0 Å². The van der Waals surface area contributed by atoms with Crippen LogP contribution in [0.1, 0.15) is 0 Å². The van der Waals surface area contributed by atoms with E-state index >= 15 is 0 Å². The van der Waals surface area contributed by atoms with Crippen molar-refractivity contribution in [2.45, 2.75) is 9.79 Å². The molecule has 0 radical (unpaired) electrons. The molecule has 0 fully saturated rings. The van der Waals surface area contributed by atoms with Crippen molar-refractivity contribution >= 4 is 20.2 Å². The Kier molecular flexibility index (Phi) is 5.44. The van der Waals surface area contributed by atoms with E-state index in [2.05, 4.69) is 0 Å². The van der Waals surface area contributed by atoms with Crippen LogP contribution < -0.4 is 9.47 Å². The molecular weight excluding hydrogens is 360 g/mol. The molecule has 0 atom stereocenters. The third kappa shape index (κ3) is 5.20. The fourth-order valence-electron chi connectivity index (χ4n) is 1.73. The Morgan fingerprint density at radius 2 is 0.917 bits per heavy atom. The van der Waals surface area contributed by atoms with Gasteiger partial charge in [-0.25, -0.2) is 0 Å². The van der Waals surface area contributed by atoms with Crippen LogP contribution in [0, 0.1) is 0 Å². The first-order chi connectivity index (χ1) is 11.2. The van der Waals surface area contributed by atoms with Crippen LogP contribution in [-0.4, -0.2) is 39.2 Å². The van der Waals surface area contributed by atoms with Crippen molar-refractivity contribution in [2.24, 2.45) is 0 Å². The summed E-state index contributed by atoms with van der Waals surface area (Å²) in [6.45, 7) is 0.316. The number of rotatable bonds is 7. The molecule has 0 unspecified atom stereocenters. The quantitative estimate of drug-likeness (QED) is 0.553. The molecule has 2 rings (SSSR count). The van der Waals surface area contributed by atoms with Crippen LogP contribution in [0.15, 0.2) is 58.3 Å². The van der Waals surface area contributed by atoms with E-state index in [1.54, 1.807) is 0 Å². The summed E-state index contributed by atoms with van der Waals surface area (Å²) in [7, 11) is -8.47. The highest BCUT2D eigenvalue weighted by Crippen LogP contribution is 2.17. The maximum absolute atomic E-state index is 10.9. The monoisotopic (exact) mass is 374 g/mol. The maximum Gasteiger partial charge on any atom is 0.294 e. The Morgan fingerprint density at radius 3 is 1.17 bits per heavy atom. The van der Waals surface area contributed by atoms with Crippen LogP contribution in [0.4, 0.5) is 0 Å². The Hall–Kier alpha value is -2.14. The summed E-state index contributed by atoms with van der Waals surface area (Å²) < 4.78 is 71.9. The van der Waals surface area contributed by atoms with Crippen LogP contribution in [0.5, 0.6) is 11.5 Å². The fourth-order valence-corrected chi connectivity index (χ4v) is 2.69. The summed E-state index contributed by atoms with van der Waals surface area (Å²) in [5, 5.41) is 0. The first-order valence-electron chi connectivity index (χ1n) is 6.57. The van der Waals surface area contributed by atoms with Gasteiger partial charge in [-0.2, -0.15) is 16.8 Å². The average Bonchev–Trinajstić information content (AvgIpc) is 2.51. The summed E-state index contributed by atoms with van der Waals surface area (Å²) in [4.78, 5) is -0.463. The molecule has 0 saturated heterocycles. The molecule has 0 aromatic heterocycles. The molecule has 0 bridgehead atoms. The van der Waals surface area contributed by atoms with Crippen molar-refractivity contribution < 1.29 is 35.4 Å². The lowest BCUT2D eigenvalue weighted by atomic mass is 10.3. The third-order valence-corrected chi connectivity index (χ3v) is 4.60. The second-order valence-electron chi connectivity index (χ2n) is 4.59. The SMILES string of the molecule is O=S(=O)(O)c1ccc(OCCOc2ccc(S(=O)(=O)O)cc2)cc1. The van der Waals surface area contributed by atoms with Crippen LogP contribution in [0.2, 0.25) is 0 Å². The standard InChI is InChI=1S/C14H14O8S2/c15-23(16,17)13-5-1-11(2-6-13)21-9-10-22-12-3-7-14(8-4-12)24(18,19)20/h1-8H,9-10H2,(H,15,16,17)(H,18,19,20). The van der Waals surface area contributed by atoms with Gasteiger partial charge in [-0.3, -0.25) is 9.11 Å². The molecule has 130 valence electrons. The fraction of sp³-hybridized carbons (Fsp3) is 0.143. The van der Waals surface area contributed by atoms with Gasteiger partial charge in [0.25, 0.3) is 20.2 Å². The minimum atomic E-state index is -4.24. The maximum atomic E-state index is 10.9. The van der Waals surface area contributed by atoms with Crippen molar-refractivity contribution in [3.8, 4) is 11.5 Å². The molecule has 0 aliphatic carbocycles. The Labute approximate surface area is 139 Å². The van der Waals surface area contributed by atoms with Crippen LogP contribution in [0.3, 0.4) is 0 Å². The first kappa shape index (κ1) is 18.2. The average molecular weight is 374 g/mol. The zero-order chi connectivity index (χ0) is 17.8. The summed E-state index contributed by atoms with van der Waals surface area (Å²) >= 11 is 0. The Balaban J connectivity index is 1.83. The predicted molar refractivity (Wildman–Crippen MR) is 83.5 cm³/mol. The van der Waals surface area contributed by atoms with E-state index in [0.717, 1.165) is 0 Å². The van der Waals surface area contributed by atoms with Gasteiger partial charge in [0.15, 0.2) is 0 Å². The molecule has 0 saturated carbocycles. The van der Waals surface area contributed by atoms with E-state index in [1.165, 1.54) is 48.5 Å². The normalized spacial score (nSPS) is 11.9. The van der Waals surface area contributed by atoms with Crippen molar-refractivity contribution in [1.82, 2.24) is 0 Å². The number of hydrogen-bond acceptors (Lipinski definition) is 6. The summed E-state index contributed by atoms with van der Waals surface area (Å²) in [5.74, 6) is 0.792. The second-order valence-corrected chi connectivity index (χ2v) is 7.43. The van der Waals surface area contributed by atoms with E-state index in [0.29, 0.717) is 11.5 Å². The summed E-state index contributed by atoms with van der Waals surface area (Å²) in [6, 6.07) is 10.4. The molecule has 24 heavy (non-hydrogen) atoms. The lowest BCUT2D eigenvalue weighted by Gasteiger charge is -2.09. The van der Waals surface area contributed by atoms with Crippen LogP contribution in [-0.2, 0) is 20.2 Å². The predicted octanol–water partition coefficient (Wildman–Crippen LogP) is 1.64. The topological polar surface area (TPSA) is 127 Å².